The SMILES string of the molecule is COc1ccc(-c2nc(C3CC3)ncc2N2CCNCC2)cc1. The minimum absolute atomic E-state index is 0.559. The maximum absolute atomic E-state index is 5.27. The predicted octanol–water partition coefficient (Wildman–Crippen LogP) is 2.44. The van der Waals surface area contributed by atoms with Crippen LogP contribution in [0.15, 0.2) is 30.5 Å². The van der Waals surface area contributed by atoms with Crippen LogP contribution in [-0.4, -0.2) is 43.3 Å². The number of hydrogen-bond acceptors (Lipinski definition) is 5. The molecule has 0 spiro atoms. The smallest absolute Gasteiger partial charge is 0.132 e. The Hall–Kier alpha value is -2.14. The van der Waals surface area contributed by atoms with Gasteiger partial charge in [-0.15, -0.1) is 0 Å². The first-order valence-corrected chi connectivity index (χ1v) is 8.32. The van der Waals surface area contributed by atoms with Crippen molar-refractivity contribution in [3.63, 3.8) is 0 Å². The average molecular weight is 310 g/mol. The molecule has 1 aromatic heterocycles. The van der Waals surface area contributed by atoms with Crippen molar-refractivity contribution in [2.24, 2.45) is 0 Å². The van der Waals surface area contributed by atoms with Crippen LogP contribution >= 0.6 is 0 Å². The second kappa shape index (κ2) is 6.16. The summed E-state index contributed by atoms with van der Waals surface area (Å²) < 4.78 is 5.27. The summed E-state index contributed by atoms with van der Waals surface area (Å²) in [6.07, 6.45) is 4.45. The van der Waals surface area contributed by atoms with E-state index in [0.717, 1.165) is 54.7 Å². The molecule has 2 aliphatic rings. The van der Waals surface area contributed by atoms with Crippen molar-refractivity contribution in [3.8, 4) is 17.0 Å². The lowest BCUT2D eigenvalue weighted by molar-refractivity contribution is 0.415. The van der Waals surface area contributed by atoms with Crippen molar-refractivity contribution in [1.82, 2.24) is 15.3 Å². The van der Waals surface area contributed by atoms with Gasteiger partial charge in [-0.05, 0) is 37.1 Å². The zero-order valence-corrected chi connectivity index (χ0v) is 13.5. The molecule has 0 bridgehead atoms. The Kier molecular flexibility index (Phi) is 3.87. The second-order valence-electron chi connectivity index (χ2n) is 6.20. The molecule has 2 aromatic rings. The van der Waals surface area contributed by atoms with Crippen LogP contribution < -0.4 is 15.0 Å². The molecule has 5 nitrogen and oxygen atoms in total. The Labute approximate surface area is 136 Å². The molecule has 0 radical (unpaired) electrons. The summed E-state index contributed by atoms with van der Waals surface area (Å²) in [5.41, 5.74) is 3.32. The summed E-state index contributed by atoms with van der Waals surface area (Å²) in [5.74, 6) is 2.42. The quantitative estimate of drug-likeness (QED) is 0.940. The second-order valence-corrected chi connectivity index (χ2v) is 6.20. The molecular formula is C18H22N4O. The van der Waals surface area contributed by atoms with Gasteiger partial charge in [0.25, 0.3) is 0 Å². The van der Waals surface area contributed by atoms with Gasteiger partial charge in [0.1, 0.15) is 11.6 Å². The van der Waals surface area contributed by atoms with Crippen LogP contribution in [0.1, 0.15) is 24.6 Å². The molecule has 1 saturated carbocycles. The van der Waals surface area contributed by atoms with Crippen LogP contribution in [0.25, 0.3) is 11.3 Å². The van der Waals surface area contributed by atoms with Crippen molar-refractivity contribution in [3.05, 3.63) is 36.3 Å². The molecule has 23 heavy (non-hydrogen) atoms. The Morgan fingerprint density at radius 1 is 1.13 bits per heavy atom. The number of anilines is 1. The molecule has 5 heteroatoms. The van der Waals surface area contributed by atoms with Gasteiger partial charge in [-0.3, -0.25) is 0 Å². The molecule has 1 aliphatic carbocycles. The molecule has 1 aliphatic heterocycles. The molecular weight excluding hydrogens is 288 g/mol. The zero-order chi connectivity index (χ0) is 15.6. The van der Waals surface area contributed by atoms with Gasteiger partial charge in [-0.25, -0.2) is 9.97 Å². The molecule has 120 valence electrons. The lowest BCUT2D eigenvalue weighted by atomic mass is 10.1. The van der Waals surface area contributed by atoms with E-state index in [1.54, 1.807) is 7.11 Å². The highest BCUT2D eigenvalue weighted by Gasteiger charge is 2.28. The molecule has 2 fully saturated rings. The minimum atomic E-state index is 0.559. The number of hydrogen-bond donors (Lipinski definition) is 1. The van der Waals surface area contributed by atoms with E-state index in [-0.39, 0.29) is 0 Å². The third kappa shape index (κ3) is 3.01. The average Bonchev–Trinajstić information content (AvgIpc) is 3.47. The number of nitrogens with zero attached hydrogens (tertiary/aromatic N) is 3. The van der Waals surface area contributed by atoms with E-state index in [4.69, 9.17) is 9.72 Å². The maximum atomic E-state index is 5.27. The van der Waals surface area contributed by atoms with Crippen LogP contribution in [0.2, 0.25) is 0 Å². The lowest BCUT2D eigenvalue weighted by Crippen LogP contribution is -2.43. The van der Waals surface area contributed by atoms with Crippen molar-refractivity contribution in [2.75, 3.05) is 38.2 Å². The zero-order valence-electron chi connectivity index (χ0n) is 13.5. The molecule has 2 heterocycles. The monoisotopic (exact) mass is 310 g/mol. The molecule has 0 amide bonds. The van der Waals surface area contributed by atoms with Gasteiger partial charge in [0.2, 0.25) is 0 Å². The summed E-state index contributed by atoms with van der Waals surface area (Å²) in [7, 11) is 1.69. The Morgan fingerprint density at radius 2 is 1.87 bits per heavy atom. The van der Waals surface area contributed by atoms with Crippen molar-refractivity contribution >= 4 is 5.69 Å². The standard InChI is InChI=1S/C18H22N4O/c1-23-15-6-4-13(5-7-15)17-16(22-10-8-19-9-11-22)12-20-18(21-17)14-2-3-14/h4-7,12,14,19H,2-3,8-11H2,1H3. The van der Waals surface area contributed by atoms with Crippen LogP contribution in [-0.2, 0) is 0 Å². The van der Waals surface area contributed by atoms with Gasteiger partial charge in [0.05, 0.1) is 24.7 Å². The molecule has 4 rings (SSSR count). The van der Waals surface area contributed by atoms with Gasteiger partial charge in [0, 0.05) is 37.7 Å². The van der Waals surface area contributed by atoms with Gasteiger partial charge in [-0.1, -0.05) is 0 Å². The highest BCUT2D eigenvalue weighted by Crippen LogP contribution is 2.40. The van der Waals surface area contributed by atoms with E-state index in [9.17, 15) is 0 Å². The molecule has 0 atom stereocenters. The third-order valence-electron chi connectivity index (χ3n) is 4.55. The molecule has 1 N–H and O–H groups in total. The first-order valence-electron chi connectivity index (χ1n) is 8.32. The Morgan fingerprint density at radius 3 is 2.52 bits per heavy atom. The fraction of sp³-hybridized carbons (Fsp3) is 0.444. The normalized spacial score (nSPS) is 18.0. The molecule has 1 aromatic carbocycles. The number of benzene rings is 1. The van der Waals surface area contributed by atoms with Crippen LogP contribution in [0.4, 0.5) is 5.69 Å². The highest BCUT2D eigenvalue weighted by molar-refractivity contribution is 5.75. The summed E-state index contributed by atoms with van der Waals surface area (Å²) in [4.78, 5) is 11.9. The number of rotatable bonds is 4. The van der Waals surface area contributed by atoms with Crippen molar-refractivity contribution in [1.29, 1.82) is 0 Å². The molecule has 0 unspecified atom stereocenters. The van der Waals surface area contributed by atoms with Crippen molar-refractivity contribution < 1.29 is 4.74 Å². The summed E-state index contributed by atoms with van der Waals surface area (Å²) >= 11 is 0. The highest BCUT2D eigenvalue weighted by atomic mass is 16.5. The topological polar surface area (TPSA) is 50.3 Å². The largest absolute Gasteiger partial charge is 0.497 e. The number of nitrogens with one attached hydrogen (secondary N) is 1. The van der Waals surface area contributed by atoms with E-state index in [2.05, 4.69) is 27.3 Å². The lowest BCUT2D eigenvalue weighted by Gasteiger charge is -2.30. The van der Waals surface area contributed by atoms with Gasteiger partial charge in [-0.2, -0.15) is 0 Å². The summed E-state index contributed by atoms with van der Waals surface area (Å²) in [6, 6.07) is 8.17. The van der Waals surface area contributed by atoms with Crippen LogP contribution in [0.5, 0.6) is 5.75 Å². The number of methoxy groups -OCH3 is 1. The molecule has 1 saturated heterocycles. The Bertz CT molecular complexity index is 676. The van der Waals surface area contributed by atoms with E-state index >= 15 is 0 Å². The predicted molar refractivity (Wildman–Crippen MR) is 91.1 cm³/mol. The minimum Gasteiger partial charge on any atom is -0.497 e. The fourth-order valence-corrected chi connectivity index (χ4v) is 3.03. The van der Waals surface area contributed by atoms with E-state index in [1.165, 1.54) is 12.8 Å². The van der Waals surface area contributed by atoms with E-state index in [1.807, 2.05) is 18.3 Å². The summed E-state index contributed by atoms with van der Waals surface area (Å²) in [6.45, 7) is 4.00. The number of aromatic nitrogens is 2. The van der Waals surface area contributed by atoms with Crippen LogP contribution in [0.3, 0.4) is 0 Å². The first kappa shape index (κ1) is 14.5. The van der Waals surface area contributed by atoms with E-state index in [0.29, 0.717) is 5.92 Å². The van der Waals surface area contributed by atoms with Gasteiger partial charge < -0.3 is 15.0 Å². The van der Waals surface area contributed by atoms with Crippen molar-refractivity contribution in [2.45, 2.75) is 18.8 Å². The van der Waals surface area contributed by atoms with Gasteiger partial charge in [0.15, 0.2) is 0 Å². The fourth-order valence-electron chi connectivity index (χ4n) is 3.03. The van der Waals surface area contributed by atoms with Crippen LogP contribution in [0, 0.1) is 0 Å². The Balaban J connectivity index is 1.74. The summed E-state index contributed by atoms with van der Waals surface area (Å²) in [5, 5.41) is 3.40. The van der Waals surface area contributed by atoms with E-state index < -0.39 is 0 Å². The number of ether oxygens (including phenoxy) is 1. The third-order valence-corrected chi connectivity index (χ3v) is 4.55. The number of piperazine rings is 1. The first-order chi connectivity index (χ1) is 11.3. The van der Waals surface area contributed by atoms with Gasteiger partial charge >= 0.3 is 0 Å². The maximum Gasteiger partial charge on any atom is 0.132 e.